The highest BCUT2D eigenvalue weighted by Gasteiger charge is 2.39. The lowest BCUT2D eigenvalue weighted by atomic mass is 10.0. The van der Waals surface area contributed by atoms with Gasteiger partial charge in [0, 0.05) is 6.54 Å². The van der Waals surface area contributed by atoms with Gasteiger partial charge in [0.25, 0.3) is 0 Å². The van der Waals surface area contributed by atoms with Crippen LogP contribution in [-0.4, -0.2) is 36.1 Å². The zero-order valence-electron chi connectivity index (χ0n) is 11.9. The Balaban J connectivity index is 1.75. The van der Waals surface area contributed by atoms with E-state index in [4.69, 9.17) is 10.5 Å². The number of carbonyl (C=O) groups is 1. The summed E-state index contributed by atoms with van der Waals surface area (Å²) in [5, 5.41) is 0. The molecule has 1 saturated heterocycles. The van der Waals surface area contributed by atoms with Gasteiger partial charge < -0.3 is 15.4 Å². The first-order chi connectivity index (χ1) is 9.66. The van der Waals surface area contributed by atoms with Crippen LogP contribution in [0.15, 0.2) is 24.3 Å². The summed E-state index contributed by atoms with van der Waals surface area (Å²) in [7, 11) is 0. The molecule has 1 aliphatic heterocycles. The average molecular weight is 274 g/mol. The number of fused-ring (bicyclic) bond motifs is 1. The van der Waals surface area contributed by atoms with Gasteiger partial charge in [-0.3, -0.25) is 4.79 Å². The molecular formula is C16H22N2O2. The van der Waals surface area contributed by atoms with Crippen molar-refractivity contribution in [3.63, 3.8) is 0 Å². The molecular weight excluding hydrogens is 252 g/mol. The lowest BCUT2D eigenvalue weighted by Gasteiger charge is -2.39. The molecule has 20 heavy (non-hydrogen) atoms. The van der Waals surface area contributed by atoms with Crippen LogP contribution in [0.4, 0.5) is 0 Å². The van der Waals surface area contributed by atoms with Gasteiger partial charge in [-0.1, -0.05) is 29.8 Å². The first-order valence-electron chi connectivity index (χ1n) is 7.41. The maximum Gasteiger partial charge on any atom is 0.244 e. The summed E-state index contributed by atoms with van der Waals surface area (Å²) in [6, 6.07) is 7.57. The Morgan fingerprint density at radius 1 is 1.35 bits per heavy atom. The predicted molar refractivity (Wildman–Crippen MR) is 77.2 cm³/mol. The molecule has 3 unspecified atom stereocenters. The minimum Gasteiger partial charge on any atom is -0.374 e. The summed E-state index contributed by atoms with van der Waals surface area (Å²) in [6.07, 6.45) is 3.46. The fourth-order valence-corrected chi connectivity index (χ4v) is 3.29. The molecule has 2 N–H and O–H groups in total. The highest BCUT2D eigenvalue weighted by molar-refractivity contribution is 5.83. The molecule has 1 aliphatic carbocycles. The van der Waals surface area contributed by atoms with E-state index in [0.29, 0.717) is 13.2 Å². The highest BCUT2D eigenvalue weighted by atomic mass is 16.5. The first-order valence-corrected chi connectivity index (χ1v) is 7.41. The second-order valence-corrected chi connectivity index (χ2v) is 5.83. The summed E-state index contributed by atoms with van der Waals surface area (Å²) in [6.45, 7) is 3.33. The number of carbonyl (C=O) groups excluding carboxylic acids is 1. The maximum absolute atomic E-state index is 12.7. The van der Waals surface area contributed by atoms with Crippen molar-refractivity contribution in [1.82, 2.24) is 4.90 Å². The third-order valence-electron chi connectivity index (χ3n) is 4.47. The van der Waals surface area contributed by atoms with E-state index in [1.165, 1.54) is 5.56 Å². The van der Waals surface area contributed by atoms with Crippen molar-refractivity contribution in [3.05, 3.63) is 35.4 Å². The van der Waals surface area contributed by atoms with Gasteiger partial charge in [0.1, 0.15) is 6.04 Å². The van der Waals surface area contributed by atoms with Crippen LogP contribution in [0.25, 0.3) is 0 Å². The van der Waals surface area contributed by atoms with Crippen LogP contribution in [0, 0.1) is 6.92 Å². The third kappa shape index (κ3) is 2.45. The van der Waals surface area contributed by atoms with Crippen molar-refractivity contribution < 1.29 is 9.53 Å². The lowest BCUT2D eigenvalue weighted by Crippen LogP contribution is -2.53. The van der Waals surface area contributed by atoms with Crippen LogP contribution >= 0.6 is 0 Å². The summed E-state index contributed by atoms with van der Waals surface area (Å²) < 4.78 is 5.75. The number of nitrogens with two attached hydrogens (primary N) is 1. The molecule has 2 fully saturated rings. The maximum atomic E-state index is 12.7. The molecule has 2 aliphatic rings. The predicted octanol–water partition coefficient (Wildman–Crippen LogP) is 1.77. The third-order valence-corrected chi connectivity index (χ3v) is 4.47. The van der Waals surface area contributed by atoms with E-state index in [2.05, 4.69) is 0 Å². The van der Waals surface area contributed by atoms with Crippen LogP contribution < -0.4 is 5.73 Å². The Kier molecular flexibility index (Phi) is 3.76. The standard InChI is InChI=1S/C16H22N2O2/c1-11-5-7-12(8-6-11)15(17)16(19)18-9-10-20-14-4-2-3-13(14)18/h5-8,13-15H,2-4,9-10,17H2,1H3. The number of morpholine rings is 1. The Hall–Kier alpha value is -1.39. The number of nitrogens with zero attached hydrogens (tertiary/aromatic N) is 1. The van der Waals surface area contributed by atoms with Gasteiger partial charge in [-0.15, -0.1) is 0 Å². The zero-order chi connectivity index (χ0) is 14.1. The average Bonchev–Trinajstić information content (AvgIpc) is 2.95. The summed E-state index contributed by atoms with van der Waals surface area (Å²) in [4.78, 5) is 14.6. The van der Waals surface area contributed by atoms with Crippen molar-refractivity contribution in [2.45, 2.75) is 44.4 Å². The fraction of sp³-hybridized carbons (Fsp3) is 0.562. The van der Waals surface area contributed by atoms with Gasteiger partial charge in [0.05, 0.1) is 18.8 Å². The minimum absolute atomic E-state index is 0.0362. The number of amides is 1. The van der Waals surface area contributed by atoms with E-state index in [1.54, 1.807) is 0 Å². The Bertz CT molecular complexity index is 486. The number of ether oxygens (including phenoxy) is 1. The zero-order valence-corrected chi connectivity index (χ0v) is 11.9. The molecule has 1 amide bonds. The van der Waals surface area contributed by atoms with E-state index in [1.807, 2.05) is 36.1 Å². The van der Waals surface area contributed by atoms with Crippen LogP contribution in [0.5, 0.6) is 0 Å². The first kappa shape index (κ1) is 13.6. The largest absolute Gasteiger partial charge is 0.374 e. The minimum atomic E-state index is -0.560. The molecule has 1 heterocycles. The van der Waals surface area contributed by atoms with E-state index in [9.17, 15) is 4.79 Å². The highest BCUT2D eigenvalue weighted by Crippen LogP contribution is 2.31. The molecule has 1 saturated carbocycles. The van der Waals surface area contributed by atoms with Gasteiger partial charge in [-0.2, -0.15) is 0 Å². The molecule has 0 bridgehead atoms. The number of aryl methyl sites for hydroxylation is 1. The normalized spacial score (nSPS) is 27.2. The molecule has 108 valence electrons. The smallest absolute Gasteiger partial charge is 0.244 e. The molecule has 0 aromatic heterocycles. The number of hydrogen-bond donors (Lipinski definition) is 1. The van der Waals surface area contributed by atoms with Crippen LogP contribution in [0.3, 0.4) is 0 Å². The molecule has 4 nitrogen and oxygen atoms in total. The Morgan fingerprint density at radius 2 is 2.10 bits per heavy atom. The van der Waals surface area contributed by atoms with E-state index in [-0.39, 0.29) is 18.1 Å². The number of benzene rings is 1. The molecule has 0 radical (unpaired) electrons. The second kappa shape index (κ2) is 5.54. The summed E-state index contributed by atoms with van der Waals surface area (Å²) in [5.74, 6) is 0.0362. The van der Waals surface area contributed by atoms with Crippen molar-refractivity contribution in [2.75, 3.05) is 13.2 Å². The molecule has 1 aromatic rings. The molecule has 0 spiro atoms. The van der Waals surface area contributed by atoms with E-state index in [0.717, 1.165) is 24.8 Å². The fourth-order valence-electron chi connectivity index (χ4n) is 3.29. The van der Waals surface area contributed by atoms with Crippen molar-refractivity contribution in [2.24, 2.45) is 5.73 Å². The molecule has 3 rings (SSSR count). The van der Waals surface area contributed by atoms with Crippen LogP contribution in [-0.2, 0) is 9.53 Å². The Morgan fingerprint density at radius 3 is 2.85 bits per heavy atom. The van der Waals surface area contributed by atoms with Gasteiger partial charge in [0.15, 0.2) is 0 Å². The SMILES string of the molecule is Cc1ccc(C(N)C(=O)N2CCOC3CCCC32)cc1. The van der Waals surface area contributed by atoms with E-state index < -0.39 is 6.04 Å². The Labute approximate surface area is 119 Å². The lowest BCUT2D eigenvalue weighted by molar-refractivity contribution is -0.145. The molecule has 4 heteroatoms. The summed E-state index contributed by atoms with van der Waals surface area (Å²) in [5.41, 5.74) is 8.24. The van der Waals surface area contributed by atoms with Gasteiger partial charge in [0.2, 0.25) is 5.91 Å². The molecule has 3 atom stereocenters. The van der Waals surface area contributed by atoms with Crippen LogP contribution in [0.2, 0.25) is 0 Å². The summed E-state index contributed by atoms with van der Waals surface area (Å²) >= 11 is 0. The van der Waals surface area contributed by atoms with Crippen LogP contribution in [0.1, 0.15) is 36.4 Å². The number of hydrogen-bond acceptors (Lipinski definition) is 3. The quantitative estimate of drug-likeness (QED) is 0.894. The molecule has 1 aromatic carbocycles. The monoisotopic (exact) mass is 274 g/mol. The second-order valence-electron chi connectivity index (χ2n) is 5.83. The van der Waals surface area contributed by atoms with Gasteiger partial charge >= 0.3 is 0 Å². The van der Waals surface area contributed by atoms with E-state index >= 15 is 0 Å². The van der Waals surface area contributed by atoms with Crippen molar-refractivity contribution in [1.29, 1.82) is 0 Å². The van der Waals surface area contributed by atoms with Gasteiger partial charge in [-0.25, -0.2) is 0 Å². The van der Waals surface area contributed by atoms with Crippen molar-refractivity contribution in [3.8, 4) is 0 Å². The van der Waals surface area contributed by atoms with Crippen molar-refractivity contribution >= 4 is 5.91 Å². The number of rotatable bonds is 2. The van der Waals surface area contributed by atoms with Gasteiger partial charge in [-0.05, 0) is 31.7 Å². The topological polar surface area (TPSA) is 55.6 Å².